The molecule has 3 atom stereocenters. The van der Waals surface area contributed by atoms with Gasteiger partial charge in [-0.25, -0.2) is 0 Å². The third-order valence-corrected chi connectivity index (χ3v) is 6.34. The summed E-state index contributed by atoms with van der Waals surface area (Å²) in [7, 11) is 1.66. The molecule has 1 aromatic heterocycles. The summed E-state index contributed by atoms with van der Waals surface area (Å²) < 4.78 is 1.44. The summed E-state index contributed by atoms with van der Waals surface area (Å²) in [4.78, 5) is 26.8. The van der Waals surface area contributed by atoms with Crippen LogP contribution in [0.2, 0.25) is 0 Å². The number of aliphatic hydroxyl groups is 1. The monoisotopic (exact) mass is 366 g/mol. The van der Waals surface area contributed by atoms with E-state index in [1.54, 1.807) is 19.3 Å². The third kappa shape index (κ3) is 3.10. The van der Waals surface area contributed by atoms with E-state index in [1.165, 1.54) is 10.6 Å². The van der Waals surface area contributed by atoms with Crippen LogP contribution in [0.15, 0.2) is 53.5 Å². The van der Waals surface area contributed by atoms with Crippen molar-refractivity contribution in [1.82, 2.24) is 9.47 Å². The highest BCUT2D eigenvalue weighted by atomic mass is 16.3. The van der Waals surface area contributed by atoms with Crippen LogP contribution in [0.1, 0.15) is 48.0 Å². The number of likely N-dealkylation sites (tertiary alicyclic amines) is 1. The van der Waals surface area contributed by atoms with Gasteiger partial charge in [-0.05, 0) is 30.9 Å². The molecule has 27 heavy (non-hydrogen) atoms. The van der Waals surface area contributed by atoms with Gasteiger partial charge in [0.1, 0.15) is 0 Å². The molecule has 1 saturated heterocycles. The van der Waals surface area contributed by atoms with E-state index in [0.717, 1.165) is 31.2 Å². The number of hydrogen-bond acceptors (Lipinski definition) is 3. The van der Waals surface area contributed by atoms with Crippen molar-refractivity contribution < 1.29 is 9.90 Å². The zero-order valence-corrected chi connectivity index (χ0v) is 15.7. The Morgan fingerprint density at radius 3 is 2.59 bits per heavy atom. The van der Waals surface area contributed by atoms with E-state index < -0.39 is 5.60 Å². The fraction of sp³-hybridized carbons (Fsp3) is 0.455. The topological polar surface area (TPSA) is 62.5 Å². The summed E-state index contributed by atoms with van der Waals surface area (Å²) in [6.45, 7) is 0.522. The van der Waals surface area contributed by atoms with Gasteiger partial charge >= 0.3 is 0 Å². The van der Waals surface area contributed by atoms with Gasteiger partial charge in [0.05, 0.1) is 11.2 Å². The Kier molecular flexibility index (Phi) is 4.64. The van der Waals surface area contributed by atoms with Crippen LogP contribution >= 0.6 is 0 Å². The van der Waals surface area contributed by atoms with E-state index in [1.807, 2.05) is 35.2 Å². The Morgan fingerprint density at radius 1 is 1.11 bits per heavy atom. The zero-order chi connectivity index (χ0) is 19.0. The van der Waals surface area contributed by atoms with E-state index in [4.69, 9.17) is 0 Å². The van der Waals surface area contributed by atoms with Gasteiger partial charge in [-0.15, -0.1) is 0 Å². The van der Waals surface area contributed by atoms with E-state index in [9.17, 15) is 14.7 Å². The molecular formula is C22H26N2O3. The van der Waals surface area contributed by atoms with E-state index in [0.29, 0.717) is 18.5 Å². The molecule has 5 heteroatoms. The predicted octanol–water partition coefficient (Wildman–Crippen LogP) is 2.68. The number of fused-ring (bicyclic) bond motifs is 1. The van der Waals surface area contributed by atoms with Crippen LogP contribution in [0, 0.1) is 5.92 Å². The van der Waals surface area contributed by atoms with Crippen molar-refractivity contribution in [3.05, 3.63) is 70.1 Å². The Balaban J connectivity index is 1.66. The fourth-order valence-corrected chi connectivity index (χ4v) is 4.91. The molecule has 0 radical (unpaired) electrons. The van der Waals surface area contributed by atoms with Crippen molar-refractivity contribution in [3.8, 4) is 0 Å². The molecule has 1 amide bonds. The molecule has 0 bridgehead atoms. The van der Waals surface area contributed by atoms with Crippen LogP contribution in [0.4, 0.5) is 0 Å². The van der Waals surface area contributed by atoms with Crippen molar-refractivity contribution in [3.63, 3.8) is 0 Å². The number of piperidine rings is 1. The molecule has 0 unspecified atom stereocenters. The summed E-state index contributed by atoms with van der Waals surface area (Å²) in [6.07, 6.45) is 6.14. The van der Waals surface area contributed by atoms with Crippen LogP contribution in [0.3, 0.4) is 0 Å². The maximum absolute atomic E-state index is 13.2. The minimum atomic E-state index is -0.882. The number of hydrogen-bond donors (Lipinski definition) is 1. The van der Waals surface area contributed by atoms with Crippen molar-refractivity contribution in [1.29, 1.82) is 0 Å². The van der Waals surface area contributed by atoms with Crippen molar-refractivity contribution in [2.75, 3.05) is 6.54 Å². The quantitative estimate of drug-likeness (QED) is 0.889. The fourth-order valence-electron chi connectivity index (χ4n) is 4.91. The maximum Gasteiger partial charge on any atom is 0.255 e. The average molecular weight is 366 g/mol. The number of nitrogens with zero attached hydrogens (tertiary/aromatic N) is 2. The molecule has 1 aliphatic carbocycles. The van der Waals surface area contributed by atoms with E-state index in [-0.39, 0.29) is 23.4 Å². The molecule has 1 saturated carbocycles. The highest BCUT2D eigenvalue weighted by Crippen LogP contribution is 2.47. The summed E-state index contributed by atoms with van der Waals surface area (Å²) in [5.74, 6) is -0.00325. The molecule has 2 heterocycles. The number of rotatable bonds is 2. The number of amides is 1. The minimum Gasteiger partial charge on any atom is -0.385 e. The molecule has 1 aliphatic heterocycles. The number of carbonyl (C=O) groups excluding carboxylic acids is 1. The van der Waals surface area contributed by atoms with Gasteiger partial charge in [0.25, 0.3) is 5.91 Å². The molecule has 2 aliphatic rings. The normalized spacial score (nSPS) is 27.9. The first-order chi connectivity index (χ1) is 13.0. The van der Waals surface area contributed by atoms with E-state index >= 15 is 0 Å². The molecule has 2 fully saturated rings. The smallest absolute Gasteiger partial charge is 0.255 e. The molecule has 1 N–H and O–H groups in total. The average Bonchev–Trinajstić information content (AvgIpc) is 2.71. The number of pyridine rings is 1. The van der Waals surface area contributed by atoms with Crippen LogP contribution < -0.4 is 5.56 Å². The lowest BCUT2D eigenvalue weighted by atomic mass is 9.66. The van der Waals surface area contributed by atoms with Crippen molar-refractivity contribution >= 4 is 5.91 Å². The zero-order valence-electron chi connectivity index (χ0n) is 15.7. The highest BCUT2D eigenvalue weighted by molar-refractivity contribution is 5.94. The summed E-state index contributed by atoms with van der Waals surface area (Å²) in [6, 6.07) is 13.0. The first-order valence-electron chi connectivity index (χ1n) is 9.76. The summed E-state index contributed by atoms with van der Waals surface area (Å²) >= 11 is 0. The Bertz CT molecular complexity index is 892. The van der Waals surface area contributed by atoms with Gasteiger partial charge in [-0.3, -0.25) is 9.59 Å². The van der Waals surface area contributed by atoms with Crippen LogP contribution in [-0.4, -0.2) is 33.1 Å². The number of benzene rings is 1. The second-order valence-electron chi connectivity index (χ2n) is 7.86. The standard InChI is InChI=1S/C22H26N2O3/c1-23-15-16(11-12-20(23)25)21(26)24-14-13-22(27,17-7-3-2-4-8-17)18-9-5-6-10-19(18)24/h2-4,7-8,11-12,15,18-19,27H,5-6,9-10,13-14H2,1H3/t18-,19-,22+/m0/s1. The van der Waals surface area contributed by atoms with Gasteiger partial charge in [0.2, 0.25) is 5.56 Å². The largest absolute Gasteiger partial charge is 0.385 e. The molecule has 0 spiro atoms. The molecule has 2 aromatic rings. The lowest BCUT2D eigenvalue weighted by Crippen LogP contribution is -2.59. The lowest BCUT2D eigenvalue weighted by molar-refractivity contribution is -0.110. The van der Waals surface area contributed by atoms with Crippen LogP contribution in [0.5, 0.6) is 0 Å². The summed E-state index contributed by atoms with van der Waals surface area (Å²) in [5.41, 5.74) is 0.481. The lowest BCUT2D eigenvalue weighted by Gasteiger charge is -2.52. The maximum atomic E-state index is 13.2. The third-order valence-electron chi connectivity index (χ3n) is 6.34. The van der Waals surface area contributed by atoms with Crippen LogP contribution in [0.25, 0.3) is 0 Å². The molecule has 1 aromatic carbocycles. The Morgan fingerprint density at radius 2 is 1.85 bits per heavy atom. The van der Waals surface area contributed by atoms with Crippen molar-refractivity contribution in [2.24, 2.45) is 13.0 Å². The number of aromatic nitrogens is 1. The highest BCUT2D eigenvalue weighted by Gasteiger charge is 2.50. The molecule has 5 nitrogen and oxygen atoms in total. The van der Waals surface area contributed by atoms with Gasteiger partial charge in [0.15, 0.2) is 0 Å². The second-order valence-corrected chi connectivity index (χ2v) is 7.86. The first kappa shape index (κ1) is 18.0. The SMILES string of the molecule is Cn1cc(C(=O)N2CC[C@@](O)(c3ccccc3)[C@H]3CCCC[C@@H]32)ccc1=O. The Labute approximate surface area is 159 Å². The van der Waals surface area contributed by atoms with Crippen LogP contribution in [-0.2, 0) is 12.6 Å². The molecular weight excluding hydrogens is 340 g/mol. The minimum absolute atomic E-state index is 0.0300. The predicted molar refractivity (Wildman–Crippen MR) is 103 cm³/mol. The Hall–Kier alpha value is -2.40. The van der Waals surface area contributed by atoms with Gasteiger partial charge in [0, 0.05) is 37.8 Å². The summed E-state index contributed by atoms with van der Waals surface area (Å²) in [5, 5.41) is 11.6. The van der Waals surface area contributed by atoms with E-state index in [2.05, 4.69) is 0 Å². The number of aryl methyl sites for hydroxylation is 1. The number of carbonyl (C=O) groups is 1. The molecule has 142 valence electrons. The second kappa shape index (κ2) is 6.97. The van der Waals surface area contributed by atoms with Crippen molar-refractivity contribution in [2.45, 2.75) is 43.7 Å². The van der Waals surface area contributed by atoms with Gasteiger partial charge in [-0.1, -0.05) is 43.2 Å². The first-order valence-corrected chi connectivity index (χ1v) is 9.76. The molecule has 4 rings (SSSR count). The van der Waals surface area contributed by atoms with Gasteiger partial charge < -0.3 is 14.6 Å². The van der Waals surface area contributed by atoms with Gasteiger partial charge in [-0.2, -0.15) is 0 Å².